The van der Waals surface area contributed by atoms with E-state index >= 15 is 0 Å². The molecule has 0 aliphatic carbocycles. The maximum Gasteiger partial charge on any atom is 0.217 e. The third-order valence-corrected chi connectivity index (χ3v) is 3.68. The minimum absolute atomic E-state index is 0.164. The summed E-state index contributed by atoms with van der Waals surface area (Å²) in [6.07, 6.45) is 21.9. The fourth-order valence-electron chi connectivity index (χ4n) is 2.37. The van der Waals surface area contributed by atoms with Gasteiger partial charge in [0, 0.05) is 6.42 Å². The molecule has 0 atom stereocenters. The molecule has 0 aliphatic heterocycles. The quantitative estimate of drug-likeness (QED) is 0.158. The average Bonchev–Trinajstić information content (AvgIpc) is 2.50. The second-order valence-electron chi connectivity index (χ2n) is 6.36. The van der Waals surface area contributed by atoms with E-state index in [4.69, 9.17) is 11.1 Å². The van der Waals surface area contributed by atoms with Crippen molar-refractivity contribution >= 4 is 26.5 Å². The van der Waals surface area contributed by atoms with E-state index in [2.05, 4.69) is 35.1 Å². The smallest absolute Gasteiger partial charge is 0.217 e. The molecule has 24 heavy (non-hydrogen) atoms. The van der Waals surface area contributed by atoms with Gasteiger partial charge in [-0.25, -0.2) is 0 Å². The number of rotatable bonds is 15. The molecule has 0 aliphatic rings. The molecule has 4 heteroatoms. The van der Waals surface area contributed by atoms with Gasteiger partial charge in [0.2, 0.25) is 5.91 Å². The molecule has 1 amide bonds. The Hall–Kier alpha value is -0.601. The summed E-state index contributed by atoms with van der Waals surface area (Å²) in [6, 6.07) is 0. The molecule has 0 saturated carbocycles. The van der Waals surface area contributed by atoms with Crippen molar-refractivity contribution in [1.82, 2.24) is 0 Å². The van der Waals surface area contributed by atoms with Crippen molar-refractivity contribution in [3.8, 4) is 0 Å². The van der Waals surface area contributed by atoms with Gasteiger partial charge in [-0.3, -0.25) is 4.79 Å². The van der Waals surface area contributed by atoms with Crippen LogP contribution in [0.3, 0.4) is 0 Å². The molecule has 0 bridgehead atoms. The minimum atomic E-state index is -0.164. The van der Waals surface area contributed by atoms with Crippen LogP contribution < -0.4 is 5.73 Å². The van der Waals surface area contributed by atoms with E-state index in [1.165, 1.54) is 70.6 Å². The van der Waals surface area contributed by atoms with Crippen molar-refractivity contribution < 1.29 is 4.79 Å². The van der Waals surface area contributed by atoms with Gasteiger partial charge >= 0.3 is 33.0 Å². The number of carbonyl (C=O) groups excluding carboxylic acids is 1. The van der Waals surface area contributed by atoms with Crippen LogP contribution in [0.25, 0.3) is 0 Å². The van der Waals surface area contributed by atoms with Gasteiger partial charge in [-0.15, -0.1) is 0 Å². The molecule has 0 fully saturated rings. The number of allylic oxidation sites excluding steroid dienone is 2. The zero-order chi connectivity index (χ0) is 18.5. The van der Waals surface area contributed by atoms with Gasteiger partial charge in [0.1, 0.15) is 0 Å². The van der Waals surface area contributed by atoms with Crippen molar-refractivity contribution in [2.75, 3.05) is 0 Å². The van der Waals surface area contributed by atoms with Crippen LogP contribution >= 0.6 is 0 Å². The summed E-state index contributed by atoms with van der Waals surface area (Å²) in [6.45, 7) is 3.96. The summed E-state index contributed by atoms with van der Waals surface area (Å²) in [4.78, 5) is 10.5. The summed E-state index contributed by atoms with van der Waals surface area (Å²) in [5.41, 5.74) is 5.10. The first-order valence-electron chi connectivity index (χ1n) is 9.66. The zero-order valence-electron chi connectivity index (χ0n) is 15.9. The van der Waals surface area contributed by atoms with Gasteiger partial charge in [-0.1, -0.05) is 70.4 Å². The Balaban J connectivity index is 0. The maximum absolute atomic E-state index is 10.5. The van der Waals surface area contributed by atoms with Gasteiger partial charge in [0.25, 0.3) is 0 Å². The van der Waals surface area contributed by atoms with E-state index in [1.807, 2.05) is 0 Å². The Labute approximate surface area is 158 Å². The van der Waals surface area contributed by atoms with Crippen LogP contribution in [0.4, 0.5) is 0 Å². The molecule has 3 N–H and O–H groups in total. The topological polar surface area (TPSA) is 66.9 Å². The second kappa shape index (κ2) is 22.4. The molecule has 0 unspecified atom stereocenters. The van der Waals surface area contributed by atoms with Crippen LogP contribution in [0.1, 0.15) is 104 Å². The third kappa shape index (κ3) is 33.1. The summed E-state index contributed by atoms with van der Waals surface area (Å²) in [5.74, 6) is -0.164. The second-order valence-corrected chi connectivity index (χ2v) is 7.64. The van der Waals surface area contributed by atoms with Crippen molar-refractivity contribution in [3.63, 3.8) is 0 Å². The predicted octanol–water partition coefficient (Wildman–Crippen LogP) is 5.66. The van der Waals surface area contributed by atoms with E-state index in [9.17, 15) is 4.79 Å². The van der Waals surface area contributed by atoms with Crippen molar-refractivity contribution in [3.05, 3.63) is 12.2 Å². The number of amides is 1. The number of unbranched alkanes of at least 4 members (excludes halogenated alkanes) is 11. The maximum atomic E-state index is 10.5. The van der Waals surface area contributed by atoms with Gasteiger partial charge in [0.15, 0.2) is 0 Å². The van der Waals surface area contributed by atoms with Crippen LogP contribution in [0.15, 0.2) is 12.2 Å². The molecule has 3 nitrogen and oxygen atoms in total. The number of carbonyl (C=O) groups is 1. The van der Waals surface area contributed by atoms with E-state index in [-0.39, 0.29) is 5.91 Å². The SMILES string of the molecule is CC(=N)[Se].CCCCCCCC/C=C\CCCCCCCC(N)=O. The first-order chi connectivity index (χ1) is 11.5. The standard InChI is InChI=1S/C18H35NO.C2H4NSe/c1-2-3-4-5-6-7-8-9-10-11-12-13-14-15-16-17-18(19)20;1-2(3)4/h9-10H,2-8,11-17H2,1H3,(H2,19,20);3H,1H3/b10-9-;. The predicted molar refractivity (Wildman–Crippen MR) is 108 cm³/mol. The Morgan fingerprint density at radius 3 is 1.67 bits per heavy atom. The molecule has 0 aromatic heterocycles. The molecule has 1 radical (unpaired) electrons. The largest absolute Gasteiger partial charge is 0.370 e. The van der Waals surface area contributed by atoms with Crippen LogP contribution in [0.2, 0.25) is 0 Å². The van der Waals surface area contributed by atoms with Crippen molar-refractivity contribution in [2.45, 2.75) is 104 Å². The number of hydrogen-bond acceptors (Lipinski definition) is 2. The summed E-state index contributed by atoms with van der Waals surface area (Å²) in [5, 5.41) is 6.44. The van der Waals surface area contributed by atoms with Crippen LogP contribution in [-0.2, 0) is 4.79 Å². The van der Waals surface area contributed by atoms with Crippen LogP contribution in [-0.4, -0.2) is 26.5 Å². The van der Waals surface area contributed by atoms with Crippen molar-refractivity contribution in [1.29, 1.82) is 5.41 Å². The van der Waals surface area contributed by atoms with Gasteiger partial charge in [-0.05, 0) is 32.1 Å². The molecule has 141 valence electrons. The van der Waals surface area contributed by atoms with Crippen LogP contribution in [0, 0.1) is 5.41 Å². The first-order valence-corrected chi connectivity index (χ1v) is 10.5. The Bertz CT molecular complexity index is 313. The van der Waals surface area contributed by atoms with E-state index < -0.39 is 0 Å². The van der Waals surface area contributed by atoms with E-state index in [1.54, 1.807) is 6.92 Å². The number of hydrogen-bond donors (Lipinski definition) is 2. The molecular weight excluding hydrogens is 363 g/mol. The number of nitrogens with two attached hydrogens (primary N) is 1. The molecule has 0 aromatic carbocycles. The van der Waals surface area contributed by atoms with E-state index in [0.29, 0.717) is 11.0 Å². The monoisotopic (exact) mass is 403 g/mol. The average molecular weight is 403 g/mol. The van der Waals surface area contributed by atoms with Gasteiger partial charge in [-0.2, -0.15) is 0 Å². The number of nitrogens with one attached hydrogen (secondary N) is 1. The fraction of sp³-hybridized carbons (Fsp3) is 0.800. The molecule has 0 saturated heterocycles. The molecule has 0 heterocycles. The first kappa shape index (κ1) is 25.6. The molecular formula is C20H39N2OSe. The molecule has 0 aromatic rings. The van der Waals surface area contributed by atoms with Crippen molar-refractivity contribution in [2.24, 2.45) is 5.73 Å². The van der Waals surface area contributed by atoms with Gasteiger partial charge in [0.05, 0.1) is 0 Å². The summed E-state index contributed by atoms with van der Waals surface area (Å²) < 4.78 is 0.542. The third-order valence-electron chi connectivity index (χ3n) is 3.68. The Kier molecular flexibility index (Phi) is 23.9. The normalized spacial score (nSPS) is 10.4. The Morgan fingerprint density at radius 1 is 0.875 bits per heavy atom. The fourth-order valence-corrected chi connectivity index (χ4v) is 2.37. The molecule has 0 rings (SSSR count). The summed E-state index contributed by atoms with van der Waals surface area (Å²) in [7, 11) is 0. The van der Waals surface area contributed by atoms with Crippen LogP contribution in [0.5, 0.6) is 0 Å². The van der Waals surface area contributed by atoms with E-state index in [0.717, 1.165) is 12.8 Å². The van der Waals surface area contributed by atoms with Gasteiger partial charge < -0.3 is 5.73 Å². The summed E-state index contributed by atoms with van der Waals surface area (Å²) >= 11 is 2.49. The molecule has 0 spiro atoms. The number of primary amides is 1. The zero-order valence-corrected chi connectivity index (χ0v) is 17.7. The minimum Gasteiger partial charge on any atom is -0.370 e. The Morgan fingerprint density at radius 2 is 1.25 bits per heavy atom.